The predicted molar refractivity (Wildman–Crippen MR) is 107 cm³/mol. The number of para-hydroxylation sites is 2. The van der Waals surface area contributed by atoms with Crippen molar-refractivity contribution in [3.05, 3.63) is 30.1 Å². The van der Waals surface area contributed by atoms with E-state index in [0.29, 0.717) is 25.3 Å². The van der Waals surface area contributed by atoms with Crippen molar-refractivity contribution in [3.8, 4) is 0 Å². The molecule has 2 heterocycles. The van der Waals surface area contributed by atoms with Crippen LogP contribution < -0.4 is 5.32 Å². The molecule has 6 nitrogen and oxygen atoms in total. The second kappa shape index (κ2) is 6.90. The Balaban J connectivity index is 1.20. The van der Waals surface area contributed by atoms with Crippen LogP contribution in [-0.2, 0) is 16.0 Å². The Bertz CT molecular complexity index is 864. The number of amides is 2. The molecule has 3 aliphatic rings. The highest BCUT2D eigenvalue weighted by Gasteiger charge is 2.54. The quantitative estimate of drug-likeness (QED) is 0.809. The molecule has 1 spiro atoms. The summed E-state index contributed by atoms with van der Waals surface area (Å²) in [5.41, 5.74) is 1.97. The summed E-state index contributed by atoms with van der Waals surface area (Å²) in [4.78, 5) is 35.4. The number of hydrogen-bond donors (Lipinski definition) is 2. The number of imidazole rings is 1. The van der Waals surface area contributed by atoms with Gasteiger partial charge in [-0.15, -0.1) is 0 Å². The number of carbonyl (C=O) groups is 2. The van der Waals surface area contributed by atoms with Gasteiger partial charge in [-0.2, -0.15) is 0 Å². The zero-order chi connectivity index (χ0) is 19.1. The highest BCUT2D eigenvalue weighted by atomic mass is 16.2. The second-order valence-corrected chi connectivity index (χ2v) is 8.93. The fraction of sp³-hybridized carbons (Fsp3) is 0.591. The highest BCUT2D eigenvalue weighted by molar-refractivity contribution is 5.83. The number of H-pyrrole nitrogens is 1. The molecule has 0 radical (unpaired) electrons. The number of aromatic amines is 1. The van der Waals surface area contributed by atoms with Crippen LogP contribution in [0.5, 0.6) is 0 Å². The van der Waals surface area contributed by atoms with Crippen LogP contribution in [0.3, 0.4) is 0 Å². The van der Waals surface area contributed by atoms with E-state index in [2.05, 4.69) is 15.3 Å². The minimum absolute atomic E-state index is 0.0304. The van der Waals surface area contributed by atoms with E-state index in [4.69, 9.17) is 0 Å². The average molecular weight is 380 g/mol. The zero-order valence-electron chi connectivity index (χ0n) is 16.2. The normalized spacial score (nSPS) is 23.1. The molecule has 1 aromatic carbocycles. The zero-order valence-corrected chi connectivity index (χ0v) is 16.2. The minimum Gasteiger partial charge on any atom is -0.356 e. The molecule has 2 N–H and O–H groups in total. The van der Waals surface area contributed by atoms with Gasteiger partial charge in [0, 0.05) is 37.9 Å². The number of benzene rings is 1. The molecule has 5 rings (SSSR count). The van der Waals surface area contributed by atoms with Crippen LogP contribution in [0.1, 0.15) is 44.3 Å². The Morgan fingerprint density at radius 2 is 2.07 bits per heavy atom. The number of hydrogen-bond acceptors (Lipinski definition) is 3. The van der Waals surface area contributed by atoms with Gasteiger partial charge in [-0.05, 0) is 43.7 Å². The van der Waals surface area contributed by atoms with Gasteiger partial charge in [-0.25, -0.2) is 4.98 Å². The number of aryl methyl sites for hydroxylation is 1. The smallest absolute Gasteiger partial charge is 0.225 e. The van der Waals surface area contributed by atoms with E-state index in [1.807, 2.05) is 29.2 Å². The Hall–Kier alpha value is -2.37. The van der Waals surface area contributed by atoms with Gasteiger partial charge in [-0.1, -0.05) is 18.6 Å². The summed E-state index contributed by atoms with van der Waals surface area (Å²) in [6.07, 6.45) is 6.84. The Morgan fingerprint density at radius 1 is 1.25 bits per heavy atom. The monoisotopic (exact) mass is 380 g/mol. The number of likely N-dealkylation sites (tertiary alicyclic amines) is 1. The SMILES string of the molecule is O=C(NCC1CC1)C1CN(C(=O)CCc2nc3ccccc3[nH]2)CC12CCC2. The van der Waals surface area contributed by atoms with Gasteiger partial charge >= 0.3 is 0 Å². The molecule has 1 saturated heterocycles. The Labute approximate surface area is 165 Å². The lowest BCUT2D eigenvalue weighted by molar-refractivity contribution is -0.130. The van der Waals surface area contributed by atoms with Crippen molar-refractivity contribution < 1.29 is 9.59 Å². The predicted octanol–water partition coefficient (Wildman–Crippen LogP) is 2.65. The number of rotatable bonds is 6. The largest absolute Gasteiger partial charge is 0.356 e. The molecule has 28 heavy (non-hydrogen) atoms. The lowest BCUT2D eigenvalue weighted by Gasteiger charge is -2.41. The van der Waals surface area contributed by atoms with E-state index in [1.54, 1.807) is 0 Å². The van der Waals surface area contributed by atoms with Crippen molar-refractivity contribution in [1.82, 2.24) is 20.2 Å². The van der Waals surface area contributed by atoms with Crippen molar-refractivity contribution in [1.29, 1.82) is 0 Å². The van der Waals surface area contributed by atoms with Crippen LogP contribution in [0, 0.1) is 17.3 Å². The van der Waals surface area contributed by atoms with Crippen molar-refractivity contribution in [2.45, 2.75) is 44.9 Å². The van der Waals surface area contributed by atoms with E-state index in [0.717, 1.165) is 42.8 Å². The van der Waals surface area contributed by atoms with E-state index in [-0.39, 0.29) is 23.1 Å². The Morgan fingerprint density at radius 3 is 2.79 bits per heavy atom. The molecule has 0 bridgehead atoms. The van der Waals surface area contributed by atoms with Gasteiger partial charge in [0.1, 0.15) is 5.82 Å². The van der Waals surface area contributed by atoms with Gasteiger partial charge in [0.05, 0.1) is 17.0 Å². The van der Waals surface area contributed by atoms with Crippen LogP contribution in [-0.4, -0.2) is 46.3 Å². The molecule has 1 atom stereocenters. The first kappa shape index (κ1) is 17.7. The first-order valence-corrected chi connectivity index (χ1v) is 10.6. The third-order valence-corrected chi connectivity index (χ3v) is 6.94. The molecule has 3 fully saturated rings. The second-order valence-electron chi connectivity index (χ2n) is 8.93. The fourth-order valence-electron chi connectivity index (χ4n) is 4.85. The molecule has 6 heteroatoms. The Kier molecular flexibility index (Phi) is 4.37. The maximum Gasteiger partial charge on any atom is 0.225 e. The fourth-order valence-corrected chi connectivity index (χ4v) is 4.85. The van der Waals surface area contributed by atoms with Crippen molar-refractivity contribution in [2.75, 3.05) is 19.6 Å². The molecular weight excluding hydrogens is 352 g/mol. The third-order valence-electron chi connectivity index (χ3n) is 6.94. The third kappa shape index (κ3) is 3.29. The molecule has 2 aromatic rings. The lowest BCUT2D eigenvalue weighted by Crippen LogP contribution is -2.45. The molecular formula is C22H28N4O2. The summed E-state index contributed by atoms with van der Waals surface area (Å²) in [5.74, 6) is 1.81. The number of aromatic nitrogens is 2. The topological polar surface area (TPSA) is 78.1 Å². The molecule has 2 aliphatic carbocycles. The maximum atomic E-state index is 12.9. The summed E-state index contributed by atoms with van der Waals surface area (Å²) in [6, 6.07) is 7.92. The first-order chi connectivity index (χ1) is 13.6. The van der Waals surface area contributed by atoms with E-state index < -0.39 is 0 Å². The standard InChI is InChI=1S/C22H28N4O2/c27-20(9-8-19-24-17-4-1-2-5-18(17)25-19)26-13-16(22(14-26)10-3-11-22)21(28)23-12-15-6-7-15/h1-2,4-5,15-16H,3,6-14H2,(H,23,28)(H,24,25). The van der Waals surface area contributed by atoms with Crippen LogP contribution >= 0.6 is 0 Å². The maximum absolute atomic E-state index is 12.9. The average Bonchev–Trinajstić information content (AvgIpc) is 3.26. The van der Waals surface area contributed by atoms with Crippen molar-refractivity contribution in [3.63, 3.8) is 0 Å². The highest BCUT2D eigenvalue weighted by Crippen LogP contribution is 2.51. The first-order valence-electron chi connectivity index (χ1n) is 10.6. The van der Waals surface area contributed by atoms with E-state index in [9.17, 15) is 9.59 Å². The molecule has 1 aromatic heterocycles. The van der Waals surface area contributed by atoms with Gasteiger partial charge in [0.2, 0.25) is 11.8 Å². The molecule has 2 saturated carbocycles. The number of nitrogens with one attached hydrogen (secondary N) is 2. The lowest BCUT2D eigenvalue weighted by atomic mass is 9.62. The van der Waals surface area contributed by atoms with E-state index >= 15 is 0 Å². The number of nitrogens with zero attached hydrogens (tertiary/aromatic N) is 2. The van der Waals surface area contributed by atoms with Crippen molar-refractivity contribution in [2.24, 2.45) is 17.3 Å². The molecule has 1 unspecified atom stereocenters. The summed E-state index contributed by atoms with van der Waals surface area (Å²) < 4.78 is 0. The van der Waals surface area contributed by atoms with Gasteiger partial charge in [0.25, 0.3) is 0 Å². The van der Waals surface area contributed by atoms with Crippen LogP contribution in [0.25, 0.3) is 11.0 Å². The van der Waals surface area contributed by atoms with Gasteiger partial charge < -0.3 is 15.2 Å². The van der Waals surface area contributed by atoms with Crippen LogP contribution in [0.4, 0.5) is 0 Å². The van der Waals surface area contributed by atoms with Gasteiger partial charge in [0.15, 0.2) is 0 Å². The van der Waals surface area contributed by atoms with Crippen LogP contribution in [0.15, 0.2) is 24.3 Å². The summed E-state index contributed by atoms with van der Waals surface area (Å²) >= 11 is 0. The molecule has 148 valence electrons. The molecule has 2 amide bonds. The van der Waals surface area contributed by atoms with Crippen LogP contribution in [0.2, 0.25) is 0 Å². The number of carbonyl (C=O) groups excluding carboxylic acids is 2. The number of fused-ring (bicyclic) bond motifs is 1. The van der Waals surface area contributed by atoms with E-state index in [1.165, 1.54) is 19.3 Å². The summed E-state index contributed by atoms with van der Waals surface area (Å²) in [6.45, 7) is 2.13. The summed E-state index contributed by atoms with van der Waals surface area (Å²) in [7, 11) is 0. The summed E-state index contributed by atoms with van der Waals surface area (Å²) in [5, 5.41) is 3.15. The minimum atomic E-state index is -0.0323. The van der Waals surface area contributed by atoms with Gasteiger partial charge in [-0.3, -0.25) is 9.59 Å². The van der Waals surface area contributed by atoms with Crippen molar-refractivity contribution >= 4 is 22.8 Å². The molecule has 1 aliphatic heterocycles.